The van der Waals surface area contributed by atoms with Crippen molar-refractivity contribution < 1.29 is 23.9 Å². The van der Waals surface area contributed by atoms with Gasteiger partial charge in [0.25, 0.3) is 0 Å². The van der Waals surface area contributed by atoms with Crippen molar-refractivity contribution in [3.05, 3.63) is 64.3 Å². The largest absolute Gasteiger partial charge is 0.454 e. The molecule has 226 valence electrons. The number of carbonyl (C=O) groups is 3. The van der Waals surface area contributed by atoms with Gasteiger partial charge in [0, 0.05) is 44.1 Å². The SMILES string of the molecule is CC(=O)N1CCN(C(=O)CN2C(=O)CSC(c3ccc4c(c3)OCO4)c3c(C(C)(C)C)nn(-c4ccccc4Cl)c32)CC1. The number of carbonyl (C=O) groups excluding carboxylic acids is 3. The van der Waals surface area contributed by atoms with Crippen LogP contribution >= 0.6 is 23.4 Å². The molecule has 3 aromatic rings. The van der Waals surface area contributed by atoms with Crippen LogP contribution in [0.25, 0.3) is 5.69 Å². The van der Waals surface area contributed by atoms with E-state index in [9.17, 15) is 14.4 Å². The summed E-state index contributed by atoms with van der Waals surface area (Å²) in [5.41, 5.74) is 2.82. The Morgan fingerprint density at radius 2 is 1.72 bits per heavy atom. The third-order valence-electron chi connectivity index (χ3n) is 7.95. The van der Waals surface area contributed by atoms with Gasteiger partial charge >= 0.3 is 0 Å². The van der Waals surface area contributed by atoms with E-state index in [2.05, 4.69) is 20.8 Å². The van der Waals surface area contributed by atoms with E-state index in [1.165, 1.54) is 18.7 Å². The average molecular weight is 624 g/mol. The third-order valence-corrected chi connectivity index (χ3v) is 9.52. The number of amides is 3. The first-order chi connectivity index (χ1) is 20.5. The third kappa shape index (κ3) is 5.56. The summed E-state index contributed by atoms with van der Waals surface area (Å²) >= 11 is 8.23. The van der Waals surface area contributed by atoms with Gasteiger partial charge in [0.2, 0.25) is 24.5 Å². The molecule has 4 heterocycles. The second-order valence-corrected chi connectivity index (χ2v) is 13.4. The van der Waals surface area contributed by atoms with Gasteiger partial charge in [-0.3, -0.25) is 19.3 Å². The summed E-state index contributed by atoms with van der Waals surface area (Å²) in [5, 5.41) is 5.31. The maximum Gasteiger partial charge on any atom is 0.242 e. The van der Waals surface area contributed by atoms with Crippen LogP contribution in [0.3, 0.4) is 0 Å². The van der Waals surface area contributed by atoms with Gasteiger partial charge in [-0.15, -0.1) is 11.8 Å². The van der Waals surface area contributed by atoms with Crippen LogP contribution in [0, 0.1) is 0 Å². The highest BCUT2D eigenvalue weighted by Gasteiger charge is 2.41. The minimum Gasteiger partial charge on any atom is -0.454 e. The number of benzene rings is 2. The number of fused-ring (bicyclic) bond motifs is 2. The smallest absolute Gasteiger partial charge is 0.242 e. The van der Waals surface area contributed by atoms with Gasteiger partial charge in [0.15, 0.2) is 11.5 Å². The molecule has 3 aliphatic rings. The highest BCUT2D eigenvalue weighted by molar-refractivity contribution is 8.00. The lowest BCUT2D eigenvalue weighted by molar-refractivity contribution is -0.137. The van der Waals surface area contributed by atoms with Crippen molar-refractivity contribution in [3.8, 4) is 17.2 Å². The molecule has 10 nitrogen and oxygen atoms in total. The van der Waals surface area contributed by atoms with Crippen molar-refractivity contribution >= 4 is 46.9 Å². The number of hydrogen-bond acceptors (Lipinski definition) is 7. The zero-order valence-electron chi connectivity index (χ0n) is 24.6. The van der Waals surface area contributed by atoms with Crippen molar-refractivity contribution in [2.45, 2.75) is 38.4 Å². The lowest BCUT2D eigenvalue weighted by Gasteiger charge is -2.35. The van der Waals surface area contributed by atoms with Crippen molar-refractivity contribution in [2.75, 3.05) is 50.2 Å². The summed E-state index contributed by atoms with van der Waals surface area (Å²) in [5.74, 6) is 1.64. The predicted molar refractivity (Wildman–Crippen MR) is 165 cm³/mol. The van der Waals surface area contributed by atoms with Crippen molar-refractivity contribution in [2.24, 2.45) is 0 Å². The standard InChI is InChI=1S/C31H34ClN5O5S/c1-19(38)34-11-13-35(14-12-34)25(39)16-36-26(40)17-43-28(20-9-10-23-24(15-20)42-18-41-23)27-29(31(2,3)4)33-37(30(27)36)22-8-6-5-7-21(22)32/h5-10,15,28H,11-14,16-18H2,1-4H3. The number of ether oxygens (including phenoxy) is 2. The summed E-state index contributed by atoms with van der Waals surface area (Å²) < 4.78 is 13.0. The van der Waals surface area contributed by atoms with Crippen LogP contribution in [0.15, 0.2) is 42.5 Å². The zero-order valence-corrected chi connectivity index (χ0v) is 26.2. The van der Waals surface area contributed by atoms with Crippen molar-refractivity contribution in [1.82, 2.24) is 19.6 Å². The zero-order chi connectivity index (χ0) is 30.5. The Balaban J connectivity index is 1.49. The molecule has 0 N–H and O–H groups in total. The topological polar surface area (TPSA) is 97.2 Å². The van der Waals surface area contributed by atoms with E-state index in [-0.39, 0.29) is 42.1 Å². The molecule has 3 amide bonds. The number of halogens is 1. The fourth-order valence-corrected chi connectivity index (χ4v) is 7.11. The lowest BCUT2D eigenvalue weighted by atomic mass is 9.87. The van der Waals surface area contributed by atoms with Crippen LogP contribution < -0.4 is 14.4 Å². The molecule has 2 aromatic carbocycles. The van der Waals surface area contributed by atoms with Crippen LogP contribution in [-0.2, 0) is 19.8 Å². The van der Waals surface area contributed by atoms with Crippen LogP contribution in [0.5, 0.6) is 11.5 Å². The Bertz CT molecular complexity index is 1590. The number of aromatic nitrogens is 2. The lowest BCUT2D eigenvalue weighted by Crippen LogP contribution is -2.53. The summed E-state index contributed by atoms with van der Waals surface area (Å²) in [7, 11) is 0. The summed E-state index contributed by atoms with van der Waals surface area (Å²) in [6.07, 6.45) is 0. The average Bonchev–Trinajstić information content (AvgIpc) is 3.58. The fourth-order valence-electron chi connectivity index (χ4n) is 5.71. The van der Waals surface area contributed by atoms with Crippen LogP contribution in [0.4, 0.5) is 5.82 Å². The van der Waals surface area contributed by atoms with Crippen LogP contribution in [-0.4, -0.2) is 82.6 Å². The molecule has 0 radical (unpaired) electrons. The summed E-state index contributed by atoms with van der Waals surface area (Å²) in [6.45, 7) is 9.57. The van der Waals surface area contributed by atoms with Gasteiger partial charge in [-0.2, -0.15) is 5.10 Å². The molecule has 43 heavy (non-hydrogen) atoms. The number of thioether (sulfide) groups is 1. The Labute approximate surface area is 259 Å². The first-order valence-corrected chi connectivity index (χ1v) is 15.7. The molecular formula is C31H34ClN5O5S. The van der Waals surface area contributed by atoms with Crippen LogP contribution in [0.2, 0.25) is 5.02 Å². The van der Waals surface area contributed by atoms with E-state index < -0.39 is 5.41 Å². The summed E-state index contributed by atoms with van der Waals surface area (Å²) in [6, 6.07) is 13.2. The molecule has 1 atom stereocenters. The maximum absolute atomic E-state index is 14.0. The Morgan fingerprint density at radius 1 is 1.02 bits per heavy atom. The van der Waals surface area contributed by atoms with Crippen LogP contribution in [0.1, 0.15) is 49.8 Å². The van der Waals surface area contributed by atoms with Gasteiger partial charge in [0.05, 0.1) is 27.4 Å². The van der Waals surface area contributed by atoms with E-state index in [0.29, 0.717) is 54.2 Å². The minimum absolute atomic E-state index is 0.00984. The molecule has 1 aromatic heterocycles. The molecule has 3 aliphatic heterocycles. The van der Waals surface area contributed by atoms with E-state index in [1.807, 2.05) is 36.4 Å². The molecule has 1 saturated heterocycles. The van der Waals surface area contributed by atoms with E-state index >= 15 is 0 Å². The van der Waals surface area contributed by atoms with Gasteiger partial charge in [-0.1, -0.05) is 50.6 Å². The highest BCUT2D eigenvalue weighted by Crippen LogP contribution is 2.50. The molecular weight excluding hydrogens is 590 g/mol. The Kier molecular flexibility index (Phi) is 7.80. The number of rotatable bonds is 4. The quantitative estimate of drug-likeness (QED) is 0.425. The molecule has 1 unspecified atom stereocenters. The number of anilines is 1. The minimum atomic E-state index is -0.405. The number of nitrogens with zero attached hydrogens (tertiary/aromatic N) is 5. The Morgan fingerprint density at radius 3 is 2.42 bits per heavy atom. The van der Waals surface area contributed by atoms with Gasteiger partial charge in [0.1, 0.15) is 12.4 Å². The van der Waals surface area contributed by atoms with E-state index in [4.69, 9.17) is 26.2 Å². The molecule has 0 saturated carbocycles. The first kappa shape index (κ1) is 29.4. The van der Waals surface area contributed by atoms with Crippen molar-refractivity contribution in [3.63, 3.8) is 0 Å². The molecule has 6 rings (SSSR count). The van der Waals surface area contributed by atoms with E-state index in [1.54, 1.807) is 25.4 Å². The van der Waals surface area contributed by atoms with Gasteiger partial charge < -0.3 is 19.3 Å². The molecule has 1 fully saturated rings. The predicted octanol–water partition coefficient (Wildman–Crippen LogP) is 4.41. The number of piperazine rings is 1. The van der Waals surface area contributed by atoms with Crippen molar-refractivity contribution in [1.29, 1.82) is 0 Å². The monoisotopic (exact) mass is 623 g/mol. The summed E-state index contributed by atoms with van der Waals surface area (Å²) in [4.78, 5) is 44.6. The first-order valence-electron chi connectivity index (χ1n) is 14.3. The number of para-hydroxylation sites is 1. The van der Waals surface area contributed by atoms with Gasteiger partial charge in [-0.05, 0) is 29.8 Å². The fraction of sp³-hybridized carbons (Fsp3) is 0.419. The molecule has 0 spiro atoms. The normalized spacial score (nSPS) is 18.5. The molecule has 0 aliphatic carbocycles. The number of hydrogen-bond donors (Lipinski definition) is 0. The van der Waals surface area contributed by atoms with Gasteiger partial charge in [-0.25, -0.2) is 4.68 Å². The highest BCUT2D eigenvalue weighted by atomic mass is 35.5. The second kappa shape index (κ2) is 11.4. The maximum atomic E-state index is 14.0. The molecule has 12 heteroatoms. The second-order valence-electron chi connectivity index (χ2n) is 11.9. The Hall–Kier alpha value is -3.70. The van der Waals surface area contributed by atoms with E-state index in [0.717, 1.165) is 16.8 Å². The molecule has 0 bridgehead atoms.